The molecular formula is C36H38Cl3N3O5S. The smallest absolute Gasteiger partial charge is 0.264 e. The Balaban J connectivity index is 1.89. The Labute approximate surface area is 297 Å². The lowest BCUT2D eigenvalue weighted by molar-refractivity contribution is -0.140. The number of carbonyl (C=O) groups excluding carboxylic acids is 2. The molecule has 0 radical (unpaired) electrons. The van der Waals surface area contributed by atoms with E-state index in [0.29, 0.717) is 22.0 Å². The van der Waals surface area contributed by atoms with Crippen LogP contribution in [0.5, 0.6) is 5.75 Å². The summed E-state index contributed by atoms with van der Waals surface area (Å²) in [6.45, 7) is 4.78. The summed E-state index contributed by atoms with van der Waals surface area (Å²) < 4.78 is 35.2. The zero-order chi connectivity index (χ0) is 35.0. The SMILES string of the molecule is CC[C@@H](C)NC(=O)[C@H](Cc1ccccc1)N(Cc1c(Cl)cccc1Cl)C(=O)CN(c1cc(Cl)ccc1OC)S(=O)(=O)c1ccc(C)cc1. The molecule has 0 saturated heterocycles. The van der Waals surface area contributed by atoms with E-state index in [2.05, 4.69) is 5.32 Å². The number of anilines is 1. The van der Waals surface area contributed by atoms with Crippen LogP contribution >= 0.6 is 34.8 Å². The molecule has 2 amide bonds. The number of hydrogen-bond donors (Lipinski definition) is 1. The van der Waals surface area contributed by atoms with Gasteiger partial charge in [-0.25, -0.2) is 8.42 Å². The molecule has 2 atom stereocenters. The maximum Gasteiger partial charge on any atom is 0.264 e. The summed E-state index contributed by atoms with van der Waals surface area (Å²) in [6.07, 6.45) is 0.799. The number of nitrogens with zero attached hydrogens (tertiary/aromatic N) is 2. The molecule has 0 unspecified atom stereocenters. The van der Waals surface area contributed by atoms with Gasteiger partial charge in [-0.05, 0) is 68.3 Å². The van der Waals surface area contributed by atoms with Gasteiger partial charge in [-0.15, -0.1) is 0 Å². The Morgan fingerprint density at radius 1 is 0.896 bits per heavy atom. The van der Waals surface area contributed by atoms with E-state index in [1.807, 2.05) is 51.1 Å². The van der Waals surface area contributed by atoms with Crippen molar-refractivity contribution in [2.75, 3.05) is 18.0 Å². The number of halogens is 3. The quantitative estimate of drug-likeness (QED) is 0.143. The number of hydrogen-bond acceptors (Lipinski definition) is 5. The van der Waals surface area contributed by atoms with Gasteiger partial charge in [-0.3, -0.25) is 13.9 Å². The predicted octanol–water partition coefficient (Wildman–Crippen LogP) is 7.71. The van der Waals surface area contributed by atoms with Crippen molar-refractivity contribution in [3.63, 3.8) is 0 Å². The molecule has 4 aromatic carbocycles. The highest BCUT2D eigenvalue weighted by atomic mass is 35.5. The summed E-state index contributed by atoms with van der Waals surface area (Å²) >= 11 is 19.6. The highest BCUT2D eigenvalue weighted by molar-refractivity contribution is 7.92. The Morgan fingerprint density at radius 2 is 1.54 bits per heavy atom. The first-order valence-electron chi connectivity index (χ1n) is 15.3. The second-order valence-corrected chi connectivity index (χ2v) is 14.5. The van der Waals surface area contributed by atoms with Gasteiger partial charge in [0, 0.05) is 39.6 Å². The molecule has 0 saturated carbocycles. The normalized spacial score (nSPS) is 12.6. The number of ether oxygens (including phenoxy) is 1. The minimum absolute atomic E-state index is 0.0426. The Hall–Kier alpha value is -3.76. The van der Waals surface area contributed by atoms with E-state index in [1.54, 1.807) is 36.4 Å². The Bertz CT molecular complexity index is 1820. The van der Waals surface area contributed by atoms with E-state index in [9.17, 15) is 18.0 Å². The molecule has 1 N–H and O–H groups in total. The van der Waals surface area contributed by atoms with Crippen LogP contribution in [0.25, 0.3) is 0 Å². The van der Waals surface area contributed by atoms with Crippen LogP contribution in [0.3, 0.4) is 0 Å². The zero-order valence-electron chi connectivity index (χ0n) is 27.1. The van der Waals surface area contributed by atoms with Gasteiger partial charge in [0.2, 0.25) is 11.8 Å². The van der Waals surface area contributed by atoms with Crippen molar-refractivity contribution < 1.29 is 22.7 Å². The topological polar surface area (TPSA) is 96.0 Å². The monoisotopic (exact) mass is 729 g/mol. The van der Waals surface area contributed by atoms with Crippen LogP contribution < -0.4 is 14.4 Å². The molecule has 0 aliphatic rings. The van der Waals surface area contributed by atoms with Crippen LogP contribution in [0.15, 0.2) is 95.9 Å². The lowest BCUT2D eigenvalue weighted by Gasteiger charge is -2.35. The van der Waals surface area contributed by atoms with E-state index < -0.39 is 34.4 Å². The number of aryl methyl sites for hydroxylation is 1. The first-order valence-corrected chi connectivity index (χ1v) is 17.9. The van der Waals surface area contributed by atoms with Crippen molar-refractivity contribution in [3.05, 3.63) is 123 Å². The maximum atomic E-state index is 14.7. The largest absolute Gasteiger partial charge is 0.495 e. The molecule has 254 valence electrons. The fraction of sp³-hybridized carbons (Fsp3) is 0.278. The molecule has 12 heteroatoms. The van der Waals surface area contributed by atoms with Gasteiger partial charge in [0.15, 0.2) is 0 Å². The number of benzene rings is 4. The standard InChI is InChI=1S/C36H38Cl3N3O5S/c1-5-25(3)40-36(44)33(20-26-10-7-6-8-11-26)41(22-29-30(38)12-9-13-31(29)39)35(43)23-42(32-21-27(37)16-19-34(32)47-4)48(45,46)28-17-14-24(2)15-18-28/h6-19,21,25,33H,5,20,22-23H2,1-4H3,(H,40,44)/t25-,33+/m1/s1. The highest BCUT2D eigenvalue weighted by Gasteiger charge is 2.36. The second kappa shape index (κ2) is 16.6. The minimum atomic E-state index is -4.37. The van der Waals surface area contributed by atoms with Gasteiger partial charge in [0.1, 0.15) is 18.3 Å². The minimum Gasteiger partial charge on any atom is -0.495 e. The van der Waals surface area contributed by atoms with Crippen LogP contribution in [-0.2, 0) is 32.6 Å². The number of sulfonamides is 1. The van der Waals surface area contributed by atoms with Crippen LogP contribution in [0.4, 0.5) is 5.69 Å². The van der Waals surface area contributed by atoms with Crippen molar-refractivity contribution in [1.29, 1.82) is 0 Å². The van der Waals surface area contributed by atoms with Gasteiger partial charge in [-0.2, -0.15) is 0 Å². The van der Waals surface area contributed by atoms with Crippen molar-refractivity contribution in [2.45, 2.75) is 57.1 Å². The summed E-state index contributed by atoms with van der Waals surface area (Å²) in [5, 5.41) is 3.82. The fourth-order valence-corrected chi connectivity index (χ4v) is 7.16. The summed E-state index contributed by atoms with van der Waals surface area (Å²) in [6, 6.07) is 23.8. The van der Waals surface area contributed by atoms with Crippen LogP contribution in [0.1, 0.15) is 37.0 Å². The molecule has 48 heavy (non-hydrogen) atoms. The zero-order valence-corrected chi connectivity index (χ0v) is 30.2. The first kappa shape index (κ1) is 37.1. The van der Waals surface area contributed by atoms with Crippen molar-refractivity contribution in [3.8, 4) is 5.75 Å². The first-order chi connectivity index (χ1) is 22.8. The molecule has 0 bridgehead atoms. The third kappa shape index (κ3) is 9.02. The van der Waals surface area contributed by atoms with Crippen LogP contribution in [-0.4, -0.2) is 50.9 Å². The number of amides is 2. The lowest BCUT2D eigenvalue weighted by Crippen LogP contribution is -2.54. The average Bonchev–Trinajstić information content (AvgIpc) is 3.06. The molecule has 0 aromatic heterocycles. The van der Waals surface area contributed by atoms with E-state index in [-0.39, 0.29) is 40.4 Å². The summed E-state index contributed by atoms with van der Waals surface area (Å²) in [4.78, 5) is 30.1. The maximum absolute atomic E-state index is 14.7. The van der Waals surface area contributed by atoms with E-state index in [1.165, 1.54) is 36.3 Å². The molecule has 0 spiro atoms. The average molecular weight is 731 g/mol. The molecule has 0 aliphatic heterocycles. The van der Waals surface area contributed by atoms with E-state index >= 15 is 0 Å². The molecular weight excluding hydrogens is 693 g/mol. The molecule has 0 aliphatic carbocycles. The van der Waals surface area contributed by atoms with E-state index in [0.717, 1.165) is 15.4 Å². The summed E-state index contributed by atoms with van der Waals surface area (Å²) in [5.41, 5.74) is 2.12. The Kier molecular flexibility index (Phi) is 12.8. The molecule has 0 fully saturated rings. The third-order valence-corrected chi connectivity index (χ3v) is 10.7. The van der Waals surface area contributed by atoms with Crippen LogP contribution in [0.2, 0.25) is 15.1 Å². The summed E-state index contributed by atoms with van der Waals surface area (Å²) in [5.74, 6) is -0.902. The lowest BCUT2D eigenvalue weighted by atomic mass is 10.0. The van der Waals surface area contributed by atoms with Crippen molar-refractivity contribution >= 4 is 62.3 Å². The fourth-order valence-electron chi connectivity index (χ4n) is 5.06. The number of carbonyl (C=O) groups is 2. The third-order valence-electron chi connectivity index (χ3n) is 7.96. The second-order valence-electron chi connectivity index (χ2n) is 11.4. The molecule has 8 nitrogen and oxygen atoms in total. The molecule has 4 aromatic rings. The number of nitrogens with one attached hydrogen (secondary N) is 1. The summed E-state index contributed by atoms with van der Waals surface area (Å²) in [7, 11) is -2.98. The number of methoxy groups -OCH3 is 1. The number of rotatable bonds is 14. The van der Waals surface area contributed by atoms with Crippen LogP contribution in [0, 0.1) is 6.92 Å². The predicted molar refractivity (Wildman–Crippen MR) is 193 cm³/mol. The van der Waals surface area contributed by atoms with Gasteiger partial charge in [-0.1, -0.05) is 95.8 Å². The van der Waals surface area contributed by atoms with Crippen molar-refractivity contribution in [2.24, 2.45) is 0 Å². The highest BCUT2D eigenvalue weighted by Crippen LogP contribution is 2.35. The van der Waals surface area contributed by atoms with E-state index in [4.69, 9.17) is 39.5 Å². The molecule has 0 heterocycles. The molecule has 4 rings (SSSR count). The van der Waals surface area contributed by atoms with Gasteiger partial charge >= 0.3 is 0 Å². The van der Waals surface area contributed by atoms with Gasteiger partial charge < -0.3 is 15.0 Å². The van der Waals surface area contributed by atoms with Gasteiger partial charge in [0.05, 0.1) is 17.7 Å². The van der Waals surface area contributed by atoms with Crippen molar-refractivity contribution in [1.82, 2.24) is 10.2 Å². The van der Waals surface area contributed by atoms with Gasteiger partial charge in [0.25, 0.3) is 10.0 Å². The Morgan fingerprint density at radius 3 is 2.15 bits per heavy atom.